The van der Waals surface area contributed by atoms with E-state index >= 15 is 0 Å². The Hall–Kier alpha value is -3.74. The number of amides is 1. The van der Waals surface area contributed by atoms with E-state index in [9.17, 15) is 4.79 Å². The zero-order valence-electron chi connectivity index (χ0n) is 15.7. The molecule has 2 heterocycles. The quantitative estimate of drug-likeness (QED) is 0.465. The Kier molecular flexibility index (Phi) is 5.76. The van der Waals surface area contributed by atoms with Gasteiger partial charge in [0.2, 0.25) is 5.88 Å². The Balaban J connectivity index is 1.36. The molecule has 0 aliphatic rings. The van der Waals surface area contributed by atoms with E-state index in [0.29, 0.717) is 23.3 Å². The summed E-state index contributed by atoms with van der Waals surface area (Å²) < 4.78 is 10.9. The summed E-state index contributed by atoms with van der Waals surface area (Å²) in [4.78, 5) is 20.4. The lowest BCUT2D eigenvalue weighted by Crippen LogP contribution is -2.30. The molecule has 0 saturated carbocycles. The minimum Gasteiger partial charge on any atom is -0.467 e. The minimum absolute atomic E-state index is 0.142. The van der Waals surface area contributed by atoms with Crippen molar-refractivity contribution in [1.29, 1.82) is 0 Å². The van der Waals surface area contributed by atoms with Crippen molar-refractivity contribution in [2.75, 3.05) is 13.2 Å². The van der Waals surface area contributed by atoms with Crippen LogP contribution in [0.2, 0.25) is 0 Å². The molecule has 4 rings (SSSR count). The predicted octanol–water partition coefficient (Wildman–Crippen LogP) is 3.41. The first-order chi connectivity index (χ1) is 14.3. The minimum atomic E-state index is -0.206. The molecular weight excluding hydrogens is 368 g/mol. The third kappa shape index (κ3) is 4.57. The molecule has 7 heteroatoms. The standard InChI is InChI=1S/C22H20N4O3/c27-18(23-13-7-10-16-8-3-1-4-9-16)14-28-21-19-20(17-11-5-2-6-12-17)26-29-22(19)25-15-24-21/h1-6,8-9,11-12,15H,7,10,13-14H2,(H,23,27). The Bertz CT molecular complexity index is 1080. The Morgan fingerprint density at radius 1 is 1.00 bits per heavy atom. The summed E-state index contributed by atoms with van der Waals surface area (Å²) in [6.45, 7) is 0.440. The van der Waals surface area contributed by atoms with E-state index in [-0.39, 0.29) is 18.4 Å². The maximum Gasteiger partial charge on any atom is 0.265 e. The highest BCUT2D eigenvalue weighted by Gasteiger charge is 2.18. The first-order valence-corrected chi connectivity index (χ1v) is 9.40. The maximum absolute atomic E-state index is 12.1. The summed E-state index contributed by atoms with van der Waals surface area (Å²) in [6, 6.07) is 19.7. The first kappa shape index (κ1) is 18.6. The highest BCUT2D eigenvalue weighted by molar-refractivity contribution is 5.93. The molecule has 29 heavy (non-hydrogen) atoms. The van der Waals surface area contributed by atoms with Gasteiger partial charge in [-0.3, -0.25) is 4.79 Å². The number of nitrogens with one attached hydrogen (secondary N) is 1. The molecule has 0 radical (unpaired) electrons. The van der Waals surface area contributed by atoms with Crippen LogP contribution < -0.4 is 10.1 Å². The van der Waals surface area contributed by atoms with Gasteiger partial charge >= 0.3 is 0 Å². The van der Waals surface area contributed by atoms with Crippen molar-refractivity contribution < 1.29 is 14.1 Å². The molecule has 4 aromatic rings. The molecule has 0 aliphatic heterocycles. The summed E-state index contributed by atoms with van der Waals surface area (Å²) in [7, 11) is 0. The zero-order valence-corrected chi connectivity index (χ0v) is 15.7. The van der Waals surface area contributed by atoms with Gasteiger partial charge in [-0.1, -0.05) is 65.8 Å². The lowest BCUT2D eigenvalue weighted by Gasteiger charge is -2.08. The van der Waals surface area contributed by atoms with Crippen molar-refractivity contribution in [1.82, 2.24) is 20.4 Å². The number of rotatable bonds is 8. The van der Waals surface area contributed by atoms with Gasteiger partial charge in [-0.2, -0.15) is 4.98 Å². The van der Waals surface area contributed by atoms with Gasteiger partial charge < -0.3 is 14.6 Å². The fourth-order valence-electron chi connectivity index (χ4n) is 3.01. The van der Waals surface area contributed by atoms with Gasteiger partial charge in [0.15, 0.2) is 6.61 Å². The second-order valence-corrected chi connectivity index (χ2v) is 6.48. The molecule has 1 amide bonds. The largest absolute Gasteiger partial charge is 0.467 e. The van der Waals surface area contributed by atoms with E-state index in [4.69, 9.17) is 9.26 Å². The summed E-state index contributed by atoms with van der Waals surface area (Å²) in [5.74, 6) is 0.0667. The number of fused-ring (bicyclic) bond motifs is 1. The third-order valence-corrected chi connectivity index (χ3v) is 4.43. The molecule has 0 aliphatic carbocycles. The molecule has 0 bridgehead atoms. The SMILES string of the molecule is O=C(COc1ncnc2onc(-c3ccccc3)c12)NCCCc1ccccc1. The van der Waals surface area contributed by atoms with Gasteiger partial charge in [-0.05, 0) is 18.4 Å². The number of aromatic nitrogens is 3. The number of ether oxygens (including phenoxy) is 1. The van der Waals surface area contributed by atoms with Crippen LogP contribution in [0, 0.1) is 0 Å². The average molecular weight is 388 g/mol. The Labute approximate surface area is 167 Å². The second kappa shape index (κ2) is 8.97. The molecule has 2 aromatic carbocycles. The normalized spacial score (nSPS) is 10.8. The number of nitrogens with zero attached hydrogens (tertiary/aromatic N) is 3. The van der Waals surface area contributed by atoms with Crippen molar-refractivity contribution in [3.63, 3.8) is 0 Å². The van der Waals surface area contributed by atoms with Gasteiger partial charge in [-0.15, -0.1) is 0 Å². The van der Waals surface area contributed by atoms with Gasteiger partial charge in [0.1, 0.15) is 17.4 Å². The second-order valence-electron chi connectivity index (χ2n) is 6.48. The monoisotopic (exact) mass is 388 g/mol. The average Bonchev–Trinajstić information content (AvgIpc) is 3.21. The van der Waals surface area contributed by atoms with Gasteiger partial charge in [-0.25, -0.2) is 4.98 Å². The molecule has 0 atom stereocenters. The van der Waals surface area contributed by atoms with Gasteiger partial charge in [0.25, 0.3) is 11.6 Å². The molecular formula is C22H20N4O3. The number of carbonyl (C=O) groups is 1. The van der Waals surface area contributed by atoms with Crippen molar-refractivity contribution in [2.45, 2.75) is 12.8 Å². The topological polar surface area (TPSA) is 90.1 Å². The van der Waals surface area contributed by atoms with Crippen LogP contribution in [0.15, 0.2) is 71.5 Å². The summed E-state index contributed by atoms with van der Waals surface area (Å²) in [6.07, 6.45) is 3.10. The highest BCUT2D eigenvalue weighted by Crippen LogP contribution is 2.32. The maximum atomic E-state index is 12.1. The van der Waals surface area contributed by atoms with Gasteiger partial charge in [0.05, 0.1) is 0 Å². The number of carbonyl (C=O) groups excluding carboxylic acids is 1. The van der Waals surface area contributed by atoms with Crippen LogP contribution in [0.4, 0.5) is 0 Å². The molecule has 0 saturated heterocycles. The summed E-state index contributed by atoms with van der Waals surface area (Å²) in [5.41, 5.74) is 3.01. The van der Waals surface area contributed by atoms with Crippen LogP contribution in [-0.2, 0) is 11.2 Å². The van der Waals surface area contributed by atoms with Crippen molar-refractivity contribution >= 4 is 17.0 Å². The molecule has 146 valence electrons. The number of benzene rings is 2. The van der Waals surface area contributed by atoms with Crippen LogP contribution >= 0.6 is 0 Å². The molecule has 0 unspecified atom stereocenters. The Morgan fingerprint density at radius 3 is 2.55 bits per heavy atom. The smallest absolute Gasteiger partial charge is 0.265 e. The zero-order chi connectivity index (χ0) is 19.9. The lowest BCUT2D eigenvalue weighted by atomic mass is 10.1. The van der Waals surface area contributed by atoms with E-state index in [1.807, 2.05) is 48.5 Å². The number of aryl methyl sites for hydroxylation is 1. The third-order valence-electron chi connectivity index (χ3n) is 4.43. The molecule has 0 fully saturated rings. The first-order valence-electron chi connectivity index (χ1n) is 9.40. The van der Waals surface area contributed by atoms with Crippen LogP contribution in [0.3, 0.4) is 0 Å². The molecule has 7 nitrogen and oxygen atoms in total. The fraction of sp³-hybridized carbons (Fsp3) is 0.182. The lowest BCUT2D eigenvalue weighted by molar-refractivity contribution is -0.123. The fourth-order valence-corrected chi connectivity index (χ4v) is 3.01. The Morgan fingerprint density at radius 2 is 1.76 bits per heavy atom. The van der Waals surface area contributed by atoms with E-state index in [2.05, 4.69) is 32.6 Å². The van der Waals surface area contributed by atoms with E-state index in [0.717, 1.165) is 18.4 Å². The van der Waals surface area contributed by atoms with Crippen molar-refractivity contribution in [3.05, 3.63) is 72.6 Å². The van der Waals surface area contributed by atoms with Crippen LogP contribution in [-0.4, -0.2) is 34.2 Å². The van der Waals surface area contributed by atoms with Gasteiger partial charge in [0, 0.05) is 12.1 Å². The molecule has 1 N–H and O–H groups in total. The van der Waals surface area contributed by atoms with Crippen LogP contribution in [0.5, 0.6) is 5.88 Å². The van der Waals surface area contributed by atoms with Crippen molar-refractivity contribution in [2.24, 2.45) is 0 Å². The highest BCUT2D eigenvalue weighted by atomic mass is 16.5. The summed E-state index contributed by atoms with van der Waals surface area (Å²) in [5, 5.41) is 7.50. The van der Waals surface area contributed by atoms with Crippen LogP contribution in [0.1, 0.15) is 12.0 Å². The summed E-state index contributed by atoms with van der Waals surface area (Å²) >= 11 is 0. The molecule has 2 aromatic heterocycles. The van der Waals surface area contributed by atoms with E-state index in [1.165, 1.54) is 11.9 Å². The van der Waals surface area contributed by atoms with E-state index < -0.39 is 0 Å². The number of hydrogen-bond acceptors (Lipinski definition) is 6. The number of hydrogen-bond donors (Lipinski definition) is 1. The predicted molar refractivity (Wildman–Crippen MR) is 108 cm³/mol. The van der Waals surface area contributed by atoms with E-state index in [1.54, 1.807) is 0 Å². The molecule has 0 spiro atoms. The van der Waals surface area contributed by atoms with Crippen molar-refractivity contribution in [3.8, 4) is 17.1 Å². The van der Waals surface area contributed by atoms with Crippen LogP contribution in [0.25, 0.3) is 22.4 Å².